The minimum atomic E-state index is -0.804. The van der Waals surface area contributed by atoms with Crippen molar-refractivity contribution in [2.45, 2.75) is 31.7 Å². The fourth-order valence-electron chi connectivity index (χ4n) is 2.06. The first-order chi connectivity index (χ1) is 8.16. The summed E-state index contributed by atoms with van der Waals surface area (Å²) in [5, 5.41) is 8.63. The Hall–Kier alpha value is -1.55. The largest absolute Gasteiger partial charge is 0.493 e. The van der Waals surface area contributed by atoms with E-state index in [1.165, 1.54) is 5.56 Å². The van der Waals surface area contributed by atoms with Gasteiger partial charge in [-0.25, -0.2) is 0 Å². The Morgan fingerprint density at radius 2 is 2.35 bits per heavy atom. The average Bonchev–Trinajstić information content (AvgIpc) is 2.35. The fraction of sp³-hybridized carbons (Fsp3) is 0.462. The Labute approximate surface area is 100 Å². The molecule has 1 aliphatic heterocycles. The van der Waals surface area contributed by atoms with E-state index < -0.39 is 5.97 Å². The SMILES string of the molecule is NC(CCC(=O)O)c1ccc2c(c1)CCCO2. The van der Waals surface area contributed by atoms with Crippen molar-refractivity contribution in [1.82, 2.24) is 0 Å². The van der Waals surface area contributed by atoms with Crippen LogP contribution >= 0.6 is 0 Å². The van der Waals surface area contributed by atoms with Crippen LogP contribution in [-0.4, -0.2) is 17.7 Å². The molecular formula is C13H17NO3. The summed E-state index contributed by atoms with van der Waals surface area (Å²) < 4.78 is 5.52. The topological polar surface area (TPSA) is 72.6 Å². The number of nitrogens with two attached hydrogens (primary N) is 1. The molecule has 3 N–H and O–H groups in total. The molecule has 1 atom stereocenters. The number of ether oxygens (including phenoxy) is 1. The maximum atomic E-state index is 10.5. The molecule has 17 heavy (non-hydrogen) atoms. The van der Waals surface area contributed by atoms with Gasteiger partial charge in [-0.2, -0.15) is 0 Å². The van der Waals surface area contributed by atoms with Gasteiger partial charge in [-0.15, -0.1) is 0 Å². The lowest BCUT2D eigenvalue weighted by molar-refractivity contribution is -0.137. The molecule has 0 aromatic heterocycles. The van der Waals surface area contributed by atoms with Crippen molar-refractivity contribution in [2.75, 3.05) is 6.61 Å². The summed E-state index contributed by atoms with van der Waals surface area (Å²) in [5.41, 5.74) is 8.15. The number of rotatable bonds is 4. The van der Waals surface area contributed by atoms with Gasteiger partial charge in [0, 0.05) is 12.5 Å². The maximum Gasteiger partial charge on any atom is 0.303 e. The van der Waals surface area contributed by atoms with Gasteiger partial charge in [-0.1, -0.05) is 12.1 Å². The number of carbonyl (C=O) groups is 1. The van der Waals surface area contributed by atoms with Crippen molar-refractivity contribution >= 4 is 5.97 Å². The first-order valence-electron chi connectivity index (χ1n) is 5.90. The number of aryl methyl sites for hydroxylation is 1. The highest BCUT2D eigenvalue weighted by Crippen LogP contribution is 2.28. The van der Waals surface area contributed by atoms with E-state index in [1.807, 2.05) is 18.2 Å². The minimum Gasteiger partial charge on any atom is -0.493 e. The summed E-state index contributed by atoms with van der Waals surface area (Å²) in [6.45, 7) is 0.775. The zero-order valence-corrected chi connectivity index (χ0v) is 9.69. The van der Waals surface area contributed by atoms with Crippen LogP contribution in [0.15, 0.2) is 18.2 Å². The molecule has 4 nitrogen and oxygen atoms in total. The van der Waals surface area contributed by atoms with E-state index in [0.717, 1.165) is 30.8 Å². The van der Waals surface area contributed by atoms with Crippen LogP contribution < -0.4 is 10.5 Å². The normalized spacial score (nSPS) is 15.8. The lowest BCUT2D eigenvalue weighted by atomic mass is 9.97. The Morgan fingerprint density at radius 1 is 1.53 bits per heavy atom. The zero-order valence-electron chi connectivity index (χ0n) is 9.69. The molecular weight excluding hydrogens is 218 g/mol. The van der Waals surface area contributed by atoms with Gasteiger partial charge in [0.1, 0.15) is 5.75 Å². The van der Waals surface area contributed by atoms with Gasteiger partial charge < -0.3 is 15.6 Å². The van der Waals surface area contributed by atoms with E-state index in [2.05, 4.69) is 0 Å². The number of carboxylic acid groups (broad SMARTS) is 1. The summed E-state index contributed by atoms with van der Waals surface area (Å²) in [7, 11) is 0. The number of hydrogen-bond donors (Lipinski definition) is 2. The molecule has 1 heterocycles. The number of aliphatic carboxylic acids is 1. The molecule has 0 fully saturated rings. The smallest absolute Gasteiger partial charge is 0.303 e. The van der Waals surface area contributed by atoms with Crippen LogP contribution in [0.4, 0.5) is 0 Å². The number of hydrogen-bond acceptors (Lipinski definition) is 3. The lowest BCUT2D eigenvalue weighted by Crippen LogP contribution is -2.14. The van der Waals surface area contributed by atoms with Crippen LogP contribution in [-0.2, 0) is 11.2 Å². The third kappa shape index (κ3) is 2.97. The van der Waals surface area contributed by atoms with Crippen LogP contribution in [0.2, 0.25) is 0 Å². The molecule has 2 rings (SSSR count). The second kappa shape index (κ2) is 5.19. The van der Waals surface area contributed by atoms with Gasteiger partial charge in [-0.05, 0) is 36.5 Å². The van der Waals surface area contributed by atoms with Crippen LogP contribution in [0, 0.1) is 0 Å². The van der Waals surface area contributed by atoms with Crippen LogP contribution in [0.1, 0.15) is 36.4 Å². The van der Waals surface area contributed by atoms with Gasteiger partial charge >= 0.3 is 5.97 Å². The summed E-state index contributed by atoms with van der Waals surface area (Å²) in [6, 6.07) is 5.70. The number of fused-ring (bicyclic) bond motifs is 1. The Morgan fingerprint density at radius 3 is 3.12 bits per heavy atom. The van der Waals surface area contributed by atoms with Gasteiger partial charge in [0.2, 0.25) is 0 Å². The van der Waals surface area contributed by atoms with Gasteiger partial charge in [0.05, 0.1) is 6.61 Å². The highest BCUT2D eigenvalue weighted by Gasteiger charge is 2.14. The molecule has 0 spiro atoms. The van der Waals surface area contributed by atoms with Gasteiger partial charge in [-0.3, -0.25) is 4.79 Å². The van der Waals surface area contributed by atoms with Crippen molar-refractivity contribution in [2.24, 2.45) is 5.73 Å². The molecule has 4 heteroatoms. The monoisotopic (exact) mass is 235 g/mol. The molecule has 0 radical (unpaired) electrons. The van der Waals surface area contributed by atoms with Crippen LogP contribution in [0.25, 0.3) is 0 Å². The van der Waals surface area contributed by atoms with Crippen molar-refractivity contribution in [3.63, 3.8) is 0 Å². The molecule has 1 aromatic rings. The second-order valence-electron chi connectivity index (χ2n) is 4.36. The summed E-state index contributed by atoms with van der Waals surface area (Å²) in [5.74, 6) is 0.132. The second-order valence-corrected chi connectivity index (χ2v) is 4.36. The molecule has 1 aliphatic rings. The zero-order chi connectivity index (χ0) is 12.3. The van der Waals surface area contributed by atoms with Crippen molar-refractivity contribution in [3.05, 3.63) is 29.3 Å². The van der Waals surface area contributed by atoms with E-state index in [4.69, 9.17) is 15.6 Å². The van der Waals surface area contributed by atoms with Crippen LogP contribution in [0.3, 0.4) is 0 Å². The molecule has 0 saturated carbocycles. The Balaban J connectivity index is 2.08. The van der Waals surface area contributed by atoms with Crippen LogP contribution in [0.5, 0.6) is 5.75 Å². The summed E-state index contributed by atoms with van der Waals surface area (Å²) in [4.78, 5) is 10.5. The molecule has 1 aromatic carbocycles. The minimum absolute atomic E-state index is 0.106. The number of benzene rings is 1. The van der Waals surface area contributed by atoms with E-state index in [9.17, 15) is 4.79 Å². The Bertz CT molecular complexity index is 417. The summed E-state index contributed by atoms with van der Waals surface area (Å²) in [6.07, 6.45) is 2.61. The molecule has 0 amide bonds. The van der Waals surface area contributed by atoms with Crippen molar-refractivity contribution in [3.8, 4) is 5.75 Å². The molecule has 1 unspecified atom stereocenters. The molecule has 0 saturated heterocycles. The van der Waals surface area contributed by atoms with Gasteiger partial charge in [0.25, 0.3) is 0 Å². The van der Waals surface area contributed by atoms with E-state index in [1.54, 1.807) is 0 Å². The quantitative estimate of drug-likeness (QED) is 0.835. The standard InChI is InChI=1S/C13H17NO3/c14-11(4-6-13(15)16)9-3-5-12-10(8-9)2-1-7-17-12/h3,5,8,11H,1-2,4,6-7,14H2,(H,15,16). The molecule has 92 valence electrons. The average molecular weight is 235 g/mol. The third-order valence-electron chi connectivity index (χ3n) is 3.03. The van der Waals surface area contributed by atoms with E-state index >= 15 is 0 Å². The predicted octanol–water partition coefficient (Wildman–Crippen LogP) is 1.88. The van der Waals surface area contributed by atoms with E-state index in [0.29, 0.717) is 6.42 Å². The highest BCUT2D eigenvalue weighted by atomic mass is 16.5. The predicted molar refractivity (Wildman–Crippen MR) is 64.1 cm³/mol. The first kappa shape index (κ1) is 11.9. The van der Waals surface area contributed by atoms with E-state index in [-0.39, 0.29) is 12.5 Å². The Kier molecular flexibility index (Phi) is 3.64. The third-order valence-corrected chi connectivity index (χ3v) is 3.03. The lowest BCUT2D eigenvalue weighted by Gasteiger charge is -2.19. The fourth-order valence-corrected chi connectivity index (χ4v) is 2.06. The summed E-state index contributed by atoms with van der Waals surface area (Å²) >= 11 is 0. The number of carboxylic acids is 1. The van der Waals surface area contributed by atoms with Crippen molar-refractivity contribution in [1.29, 1.82) is 0 Å². The molecule has 0 bridgehead atoms. The van der Waals surface area contributed by atoms with Crippen molar-refractivity contribution < 1.29 is 14.6 Å². The van der Waals surface area contributed by atoms with Gasteiger partial charge in [0.15, 0.2) is 0 Å². The maximum absolute atomic E-state index is 10.5. The first-order valence-corrected chi connectivity index (χ1v) is 5.90. The highest BCUT2D eigenvalue weighted by molar-refractivity contribution is 5.66. The molecule has 0 aliphatic carbocycles.